The summed E-state index contributed by atoms with van der Waals surface area (Å²) in [4.78, 5) is 24.7. The Morgan fingerprint density at radius 1 is 1.50 bits per heavy atom. The van der Waals surface area contributed by atoms with Gasteiger partial charge in [-0.3, -0.25) is 14.5 Å². The maximum Gasteiger partial charge on any atom is 0.303 e. The maximum atomic E-state index is 12.4. The molecule has 1 fully saturated rings. The van der Waals surface area contributed by atoms with Gasteiger partial charge >= 0.3 is 5.97 Å². The fourth-order valence-corrected chi connectivity index (χ4v) is 3.87. The molecule has 24 heavy (non-hydrogen) atoms. The van der Waals surface area contributed by atoms with Crippen LogP contribution < -0.4 is 4.74 Å². The first-order valence-electron chi connectivity index (χ1n) is 6.87. The number of benzene rings is 1. The second-order valence-electron chi connectivity index (χ2n) is 4.88. The zero-order valence-electron chi connectivity index (χ0n) is 12.6. The minimum atomic E-state index is -0.913. The van der Waals surface area contributed by atoms with Crippen LogP contribution in [0.25, 0.3) is 6.08 Å². The van der Waals surface area contributed by atoms with Crippen molar-refractivity contribution in [2.45, 2.75) is 12.8 Å². The second kappa shape index (κ2) is 8.00. The Balaban J connectivity index is 2.19. The van der Waals surface area contributed by atoms with Crippen LogP contribution in [0.3, 0.4) is 0 Å². The number of hydrogen-bond acceptors (Lipinski definition) is 6. The van der Waals surface area contributed by atoms with Gasteiger partial charge in [-0.25, -0.2) is 0 Å². The number of nitrogens with zero attached hydrogens (tertiary/aromatic N) is 1. The van der Waals surface area contributed by atoms with Crippen molar-refractivity contribution in [1.82, 2.24) is 4.90 Å². The lowest BCUT2D eigenvalue weighted by Gasteiger charge is -2.13. The molecule has 9 heteroatoms. The molecule has 1 aliphatic heterocycles. The quantitative estimate of drug-likeness (QED) is 0.527. The normalized spacial score (nSPS) is 16.1. The van der Waals surface area contributed by atoms with E-state index >= 15 is 0 Å². The number of carbonyl (C=O) groups is 2. The average molecular weight is 432 g/mol. The van der Waals surface area contributed by atoms with Gasteiger partial charge < -0.3 is 14.9 Å². The molecular formula is C15H14BrNO5S2. The Bertz CT molecular complexity index is 735. The van der Waals surface area contributed by atoms with Crippen molar-refractivity contribution in [2.75, 3.05) is 13.7 Å². The summed E-state index contributed by atoms with van der Waals surface area (Å²) < 4.78 is 6.12. The van der Waals surface area contributed by atoms with E-state index in [0.717, 1.165) is 11.8 Å². The predicted octanol–water partition coefficient (Wildman–Crippen LogP) is 3.23. The third-order valence-electron chi connectivity index (χ3n) is 3.23. The smallest absolute Gasteiger partial charge is 0.303 e. The summed E-state index contributed by atoms with van der Waals surface area (Å²) in [6, 6.07) is 3.09. The molecule has 0 aromatic heterocycles. The molecule has 1 amide bonds. The molecule has 0 radical (unpaired) electrons. The number of hydrogen-bond donors (Lipinski definition) is 2. The van der Waals surface area contributed by atoms with E-state index in [1.165, 1.54) is 18.1 Å². The molecule has 1 aromatic carbocycles. The summed E-state index contributed by atoms with van der Waals surface area (Å²) >= 11 is 9.63. The molecule has 1 heterocycles. The number of rotatable bonds is 6. The molecule has 0 aliphatic carbocycles. The Labute approximate surface area is 156 Å². The summed E-state index contributed by atoms with van der Waals surface area (Å²) in [5, 5.41) is 18.7. The summed E-state index contributed by atoms with van der Waals surface area (Å²) in [5.74, 6) is -0.747. The van der Waals surface area contributed by atoms with Crippen LogP contribution in [-0.2, 0) is 9.59 Å². The number of aromatic hydroxyl groups is 1. The minimum absolute atomic E-state index is 0.0220. The second-order valence-corrected chi connectivity index (χ2v) is 7.41. The molecule has 0 spiro atoms. The number of thioether (sulfide) groups is 1. The van der Waals surface area contributed by atoms with Crippen LogP contribution in [0.4, 0.5) is 0 Å². The SMILES string of the molecule is COc1cc(O)c(C=C2SC(=S)N(CCCC(=O)O)C2=O)cc1Br. The van der Waals surface area contributed by atoms with E-state index in [1.54, 1.807) is 12.1 Å². The fraction of sp³-hybridized carbons (Fsp3) is 0.267. The molecule has 1 aliphatic rings. The highest BCUT2D eigenvalue weighted by Crippen LogP contribution is 2.37. The first kappa shape index (κ1) is 18.8. The monoisotopic (exact) mass is 431 g/mol. The Morgan fingerprint density at radius 3 is 2.83 bits per heavy atom. The minimum Gasteiger partial charge on any atom is -0.507 e. The van der Waals surface area contributed by atoms with Gasteiger partial charge in [0.1, 0.15) is 15.8 Å². The lowest BCUT2D eigenvalue weighted by atomic mass is 10.1. The zero-order valence-corrected chi connectivity index (χ0v) is 15.8. The molecule has 2 rings (SSSR count). The predicted molar refractivity (Wildman–Crippen MR) is 99.1 cm³/mol. The number of methoxy groups -OCH3 is 1. The van der Waals surface area contributed by atoms with Crippen molar-refractivity contribution < 1.29 is 24.5 Å². The van der Waals surface area contributed by atoms with Crippen molar-refractivity contribution in [1.29, 1.82) is 0 Å². The summed E-state index contributed by atoms with van der Waals surface area (Å²) in [6.45, 7) is 0.257. The van der Waals surface area contributed by atoms with Crippen LogP contribution >= 0.6 is 39.9 Å². The number of halogens is 1. The number of thiocarbonyl (C=S) groups is 1. The average Bonchev–Trinajstić information content (AvgIpc) is 2.77. The van der Waals surface area contributed by atoms with Crippen molar-refractivity contribution in [3.8, 4) is 11.5 Å². The molecule has 0 bridgehead atoms. The van der Waals surface area contributed by atoms with Gasteiger partial charge in [0.25, 0.3) is 5.91 Å². The van der Waals surface area contributed by atoms with Gasteiger partial charge in [0.05, 0.1) is 16.5 Å². The van der Waals surface area contributed by atoms with Crippen LogP contribution in [0, 0.1) is 0 Å². The first-order chi connectivity index (χ1) is 11.3. The van der Waals surface area contributed by atoms with Gasteiger partial charge in [-0.15, -0.1) is 0 Å². The molecule has 6 nitrogen and oxygen atoms in total. The third kappa shape index (κ3) is 4.28. The lowest BCUT2D eigenvalue weighted by Crippen LogP contribution is -2.29. The number of amides is 1. The number of ether oxygens (including phenoxy) is 1. The molecule has 1 aromatic rings. The highest BCUT2D eigenvalue weighted by atomic mass is 79.9. The van der Waals surface area contributed by atoms with Gasteiger partial charge in [-0.2, -0.15) is 0 Å². The van der Waals surface area contributed by atoms with Crippen molar-refractivity contribution in [3.63, 3.8) is 0 Å². The van der Waals surface area contributed by atoms with E-state index < -0.39 is 5.97 Å². The van der Waals surface area contributed by atoms with Crippen molar-refractivity contribution in [3.05, 3.63) is 27.1 Å². The molecule has 0 atom stereocenters. The Morgan fingerprint density at radius 2 is 2.21 bits per heavy atom. The van der Waals surface area contributed by atoms with E-state index in [2.05, 4.69) is 15.9 Å². The summed E-state index contributed by atoms with van der Waals surface area (Å²) in [6.07, 6.45) is 1.85. The molecule has 0 saturated carbocycles. The number of phenols is 1. The number of aliphatic carboxylic acids is 1. The zero-order chi connectivity index (χ0) is 17.9. The van der Waals surface area contributed by atoms with Gasteiger partial charge in [0, 0.05) is 24.6 Å². The van der Waals surface area contributed by atoms with Crippen LogP contribution in [0.15, 0.2) is 21.5 Å². The van der Waals surface area contributed by atoms with E-state index in [0.29, 0.717) is 31.4 Å². The molecule has 128 valence electrons. The van der Waals surface area contributed by atoms with Gasteiger partial charge in [0.15, 0.2) is 0 Å². The molecule has 1 saturated heterocycles. The van der Waals surface area contributed by atoms with Crippen LogP contribution in [0.5, 0.6) is 11.5 Å². The van der Waals surface area contributed by atoms with E-state index in [1.807, 2.05) is 0 Å². The standard InChI is InChI=1S/C15H14BrNO5S2/c1-22-11-7-10(18)8(5-9(11)16)6-12-14(21)17(15(23)24-12)4-2-3-13(19)20/h5-7,18H,2-4H2,1H3,(H,19,20). The van der Waals surface area contributed by atoms with Crippen molar-refractivity contribution >= 4 is 62.2 Å². The van der Waals surface area contributed by atoms with Crippen molar-refractivity contribution in [2.24, 2.45) is 0 Å². The molecular weight excluding hydrogens is 418 g/mol. The van der Waals surface area contributed by atoms with Gasteiger partial charge in [-0.1, -0.05) is 24.0 Å². The number of carboxylic acid groups (broad SMARTS) is 1. The highest BCUT2D eigenvalue weighted by Gasteiger charge is 2.31. The number of carbonyl (C=O) groups excluding carboxylic acids is 1. The maximum absolute atomic E-state index is 12.4. The van der Waals surface area contributed by atoms with Gasteiger partial charge in [0.2, 0.25) is 0 Å². The van der Waals surface area contributed by atoms with Crippen LogP contribution in [-0.4, -0.2) is 45.0 Å². The number of carboxylic acids is 1. The topological polar surface area (TPSA) is 87.1 Å². The highest BCUT2D eigenvalue weighted by molar-refractivity contribution is 9.10. The number of phenolic OH excluding ortho intramolecular Hbond substituents is 1. The summed E-state index contributed by atoms with van der Waals surface area (Å²) in [7, 11) is 1.49. The lowest BCUT2D eigenvalue weighted by molar-refractivity contribution is -0.137. The Kier molecular flexibility index (Phi) is 6.25. The van der Waals surface area contributed by atoms with Crippen LogP contribution in [0.1, 0.15) is 18.4 Å². The third-order valence-corrected chi connectivity index (χ3v) is 5.23. The van der Waals surface area contributed by atoms with E-state index in [4.69, 9.17) is 22.1 Å². The van der Waals surface area contributed by atoms with Crippen LogP contribution in [0.2, 0.25) is 0 Å². The van der Waals surface area contributed by atoms with E-state index in [-0.39, 0.29) is 24.6 Å². The van der Waals surface area contributed by atoms with Gasteiger partial charge in [-0.05, 0) is 34.5 Å². The first-order valence-corrected chi connectivity index (χ1v) is 8.89. The Hall–Kier alpha value is -1.58. The summed E-state index contributed by atoms with van der Waals surface area (Å²) in [5.41, 5.74) is 0.453. The molecule has 0 unspecified atom stereocenters. The largest absolute Gasteiger partial charge is 0.507 e. The molecule has 2 N–H and O–H groups in total. The van der Waals surface area contributed by atoms with E-state index in [9.17, 15) is 14.7 Å². The fourth-order valence-electron chi connectivity index (χ4n) is 2.05.